The first-order chi connectivity index (χ1) is 11.1. The number of hydrogen-bond donors (Lipinski definition) is 0. The highest BCUT2D eigenvalue weighted by molar-refractivity contribution is 9.12. The molecule has 120 valence electrons. The van der Waals surface area contributed by atoms with E-state index >= 15 is 0 Å². The summed E-state index contributed by atoms with van der Waals surface area (Å²) in [6, 6.07) is 10.3. The van der Waals surface area contributed by atoms with E-state index in [2.05, 4.69) is 15.9 Å². The molecule has 1 aromatic rings. The van der Waals surface area contributed by atoms with Crippen molar-refractivity contribution in [2.75, 3.05) is 0 Å². The van der Waals surface area contributed by atoms with Crippen molar-refractivity contribution >= 4 is 56.2 Å². The summed E-state index contributed by atoms with van der Waals surface area (Å²) < 4.78 is 1.58. The smallest absolute Gasteiger partial charge is 0.266 e. The van der Waals surface area contributed by atoms with Crippen molar-refractivity contribution in [2.45, 2.75) is 38.1 Å². The van der Waals surface area contributed by atoms with Gasteiger partial charge in [0.2, 0.25) is 0 Å². The van der Waals surface area contributed by atoms with E-state index in [9.17, 15) is 4.79 Å². The van der Waals surface area contributed by atoms with E-state index in [4.69, 9.17) is 12.2 Å². The third-order valence-corrected chi connectivity index (χ3v) is 5.92. The molecular weight excluding hydrogens is 390 g/mol. The van der Waals surface area contributed by atoms with Gasteiger partial charge >= 0.3 is 0 Å². The number of carbonyl (C=O) groups is 1. The van der Waals surface area contributed by atoms with Crippen LogP contribution in [-0.4, -0.2) is 21.2 Å². The number of thioether (sulfide) groups is 1. The van der Waals surface area contributed by atoms with Gasteiger partial charge in [0.25, 0.3) is 5.91 Å². The van der Waals surface area contributed by atoms with Crippen LogP contribution in [0.3, 0.4) is 0 Å². The molecule has 3 rings (SSSR count). The van der Waals surface area contributed by atoms with Crippen molar-refractivity contribution in [1.82, 2.24) is 4.90 Å². The first-order valence-corrected chi connectivity index (χ1v) is 9.86. The zero-order chi connectivity index (χ0) is 16.2. The summed E-state index contributed by atoms with van der Waals surface area (Å²) in [5.41, 5.74) is 1.10. The number of carbonyl (C=O) groups excluding carboxylic acids is 1. The van der Waals surface area contributed by atoms with Crippen LogP contribution in [0.1, 0.15) is 37.7 Å². The molecule has 0 atom stereocenters. The number of thiocarbonyl (C=S) groups is 1. The molecule has 0 bridgehead atoms. The molecule has 1 heterocycles. The summed E-state index contributed by atoms with van der Waals surface area (Å²) >= 11 is 10.4. The topological polar surface area (TPSA) is 20.3 Å². The number of amides is 1. The fraction of sp³-hybridized carbons (Fsp3) is 0.333. The number of rotatable bonds is 3. The van der Waals surface area contributed by atoms with Gasteiger partial charge in [0.15, 0.2) is 0 Å². The Balaban J connectivity index is 1.77. The highest BCUT2D eigenvalue weighted by Crippen LogP contribution is 2.37. The Labute approximate surface area is 155 Å². The number of halogens is 1. The zero-order valence-electron chi connectivity index (χ0n) is 12.7. The lowest BCUT2D eigenvalue weighted by Gasteiger charge is -2.29. The van der Waals surface area contributed by atoms with Crippen molar-refractivity contribution in [3.8, 4) is 0 Å². The second kappa shape index (κ2) is 7.77. The highest BCUT2D eigenvalue weighted by Gasteiger charge is 2.37. The SMILES string of the molecule is O=C1C(=C/C(Br)=C/c2ccccc2)SC(=S)N1C1CCCCC1. The Kier molecular flexibility index (Phi) is 5.72. The van der Waals surface area contributed by atoms with Crippen LogP contribution in [0, 0.1) is 0 Å². The van der Waals surface area contributed by atoms with Crippen molar-refractivity contribution in [2.24, 2.45) is 0 Å². The number of allylic oxidation sites excluding steroid dienone is 2. The Morgan fingerprint density at radius 2 is 1.91 bits per heavy atom. The predicted molar refractivity (Wildman–Crippen MR) is 105 cm³/mol. The molecule has 0 aromatic heterocycles. The van der Waals surface area contributed by atoms with E-state index < -0.39 is 0 Å². The minimum absolute atomic E-state index is 0.0605. The molecule has 0 spiro atoms. The monoisotopic (exact) mass is 407 g/mol. The van der Waals surface area contributed by atoms with Gasteiger partial charge in [0.1, 0.15) is 4.32 Å². The average Bonchev–Trinajstić information content (AvgIpc) is 2.83. The molecule has 1 amide bonds. The minimum atomic E-state index is 0.0605. The molecule has 5 heteroatoms. The Hall–Kier alpha value is -0.910. The standard InChI is InChI=1S/C18H18BrNOS2/c19-14(11-13-7-3-1-4-8-13)12-16-17(21)20(18(22)23-16)15-9-5-2-6-10-15/h1,3-4,7-8,11-12,15H,2,5-6,9-10H2/b14-11-,16-12?. The van der Waals surface area contributed by atoms with Crippen LogP contribution in [0.2, 0.25) is 0 Å². The van der Waals surface area contributed by atoms with Gasteiger partial charge in [-0.3, -0.25) is 9.69 Å². The summed E-state index contributed by atoms with van der Waals surface area (Å²) in [7, 11) is 0. The molecule has 2 aliphatic rings. The molecule has 2 nitrogen and oxygen atoms in total. The van der Waals surface area contributed by atoms with Gasteiger partial charge in [-0.1, -0.05) is 89.5 Å². The second-order valence-electron chi connectivity index (χ2n) is 5.78. The molecule has 1 saturated carbocycles. The van der Waals surface area contributed by atoms with Crippen LogP contribution in [0.15, 0.2) is 45.8 Å². The van der Waals surface area contributed by atoms with Crippen molar-refractivity contribution in [3.63, 3.8) is 0 Å². The highest BCUT2D eigenvalue weighted by atomic mass is 79.9. The van der Waals surface area contributed by atoms with Gasteiger partial charge < -0.3 is 0 Å². The Morgan fingerprint density at radius 3 is 2.61 bits per heavy atom. The van der Waals surface area contributed by atoms with E-state index in [1.165, 1.54) is 31.0 Å². The van der Waals surface area contributed by atoms with E-state index in [1.807, 2.05) is 47.4 Å². The van der Waals surface area contributed by atoms with Crippen LogP contribution in [-0.2, 0) is 4.79 Å². The second-order valence-corrected chi connectivity index (χ2v) is 8.37. The van der Waals surface area contributed by atoms with E-state index in [-0.39, 0.29) is 5.91 Å². The molecule has 1 aliphatic carbocycles. The maximum atomic E-state index is 12.7. The molecule has 1 aromatic carbocycles. The molecule has 0 unspecified atom stereocenters. The molecule has 0 radical (unpaired) electrons. The van der Waals surface area contributed by atoms with Crippen LogP contribution in [0.25, 0.3) is 6.08 Å². The summed E-state index contributed by atoms with van der Waals surface area (Å²) in [4.78, 5) is 15.3. The number of hydrogen-bond acceptors (Lipinski definition) is 3. The lowest BCUT2D eigenvalue weighted by molar-refractivity contribution is -0.124. The van der Waals surface area contributed by atoms with Gasteiger partial charge in [-0.05, 0) is 30.6 Å². The molecule has 0 N–H and O–H groups in total. The van der Waals surface area contributed by atoms with Gasteiger partial charge in [0.05, 0.1) is 4.91 Å². The zero-order valence-corrected chi connectivity index (χ0v) is 15.9. The van der Waals surface area contributed by atoms with E-state index in [0.717, 1.165) is 22.9 Å². The van der Waals surface area contributed by atoms with Gasteiger partial charge in [-0.2, -0.15) is 0 Å². The van der Waals surface area contributed by atoms with Crippen LogP contribution in [0.4, 0.5) is 0 Å². The molecule has 23 heavy (non-hydrogen) atoms. The summed E-state index contributed by atoms with van der Waals surface area (Å²) in [5.74, 6) is 0.0605. The van der Waals surface area contributed by atoms with Crippen molar-refractivity contribution in [1.29, 1.82) is 0 Å². The maximum Gasteiger partial charge on any atom is 0.266 e. The van der Waals surface area contributed by atoms with Gasteiger partial charge in [-0.25, -0.2) is 0 Å². The van der Waals surface area contributed by atoms with Crippen molar-refractivity contribution in [3.05, 3.63) is 51.4 Å². The fourth-order valence-electron chi connectivity index (χ4n) is 3.01. The summed E-state index contributed by atoms with van der Waals surface area (Å²) in [6.07, 6.45) is 9.69. The van der Waals surface area contributed by atoms with Crippen molar-refractivity contribution < 1.29 is 4.79 Å². The third-order valence-electron chi connectivity index (χ3n) is 4.14. The summed E-state index contributed by atoms with van der Waals surface area (Å²) in [5, 5.41) is 0. The normalized spacial score (nSPS) is 22.2. The molecular formula is C18H18BrNOS2. The van der Waals surface area contributed by atoms with E-state index in [1.54, 1.807) is 0 Å². The van der Waals surface area contributed by atoms with Crippen LogP contribution >= 0.6 is 39.9 Å². The minimum Gasteiger partial charge on any atom is -0.290 e. The predicted octanol–water partition coefficient (Wildman–Crippen LogP) is 5.50. The summed E-state index contributed by atoms with van der Waals surface area (Å²) in [6.45, 7) is 0. The lowest BCUT2D eigenvalue weighted by Crippen LogP contribution is -2.39. The maximum absolute atomic E-state index is 12.7. The molecule has 1 aliphatic heterocycles. The lowest BCUT2D eigenvalue weighted by atomic mass is 9.94. The first-order valence-electron chi connectivity index (χ1n) is 7.84. The number of nitrogens with zero attached hydrogens (tertiary/aromatic N) is 1. The van der Waals surface area contributed by atoms with Gasteiger partial charge in [-0.15, -0.1) is 0 Å². The molecule has 2 fully saturated rings. The van der Waals surface area contributed by atoms with Crippen LogP contribution < -0.4 is 0 Å². The first kappa shape index (κ1) is 16.9. The Bertz CT molecular complexity index is 663. The number of benzene rings is 1. The molecule has 1 saturated heterocycles. The largest absolute Gasteiger partial charge is 0.290 e. The Morgan fingerprint density at radius 1 is 1.22 bits per heavy atom. The van der Waals surface area contributed by atoms with Crippen LogP contribution in [0.5, 0.6) is 0 Å². The fourth-order valence-corrected chi connectivity index (χ4v) is 5.05. The average molecular weight is 408 g/mol. The third kappa shape index (κ3) is 4.14. The quantitative estimate of drug-likeness (QED) is 0.487. The van der Waals surface area contributed by atoms with E-state index in [0.29, 0.717) is 15.3 Å². The van der Waals surface area contributed by atoms with Gasteiger partial charge in [0, 0.05) is 10.5 Å².